The minimum atomic E-state index is 0.572. The lowest BCUT2D eigenvalue weighted by molar-refractivity contribution is -0.105. The maximum absolute atomic E-state index is 10.2. The molecule has 3 nitrogen and oxygen atoms in total. The van der Waals surface area contributed by atoms with Gasteiger partial charge in [-0.2, -0.15) is 0 Å². The van der Waals surface area contributed by atoms with Gasteiger partial charge >= 0.3 is 0 Å². The second-order valence-corrected chi connectivity index (χ2v) is 3.38. The molecule has 3 heteroatoms. The summed E-state index contributed by atoms with van der Waals surface area (Å²) in [6, 6.07) is 7.24. The summed E-state index contributed by atoms with van der Waals surface area (Å²) in [5.74, 6) is 0.795. The van der Waals surface area contributed by atoms with Crippen molar-refractivity contribution < 1.29 is 9.53 Å². The van der Waals surface area contributed by atoms with Crippen LogP contribution < -0.4 is 10.1 Å². The van der Waals surface area contributed by atoms with E-state index in [1.165, 1.54) is 5.57 Å². The van der Waals surface area contributed by atoms with E-state index in [4.69, 9.17) is 4.74 Å². The van der Waals surface area contributed by atoms with Crippen molar-refractivity contribution in [2.45, 2.75) is 13.8 Å². The Morgan fingerprint density at radius 1 is 1.33 bits per heavy atom. The predicted octanol–water partition coefficient (Wildman–Crippen LogP) is 2.60. The Bertz CT molecular complexity index is 337. The highest BCUT2D eigenvalue weighted by Crippen LogP contribution is 2.15. The zero-order chi connectivity index (χ0) is 11.1. The third-order valence-corrected chi connectivity index (χ3v) is 1.82. The van der Waals surface area contributed by atoms with Gasteiger partial charge in [-0.3, -0.25) is 4.79 Å². The van der Waals surface area contributed by atoms with E-state index in [2.05, 4.69) is 5.32 Å². The highest BCUT2D eigenvalue weighted by molar-refractivity contribution is 5.71. The van der Waals surface area contributed by atoms with E-state index in [9.17, 15) is 4.79 Å². The molecule has 0 aromatic heterocycles. The largest absolute Gasteiger partial charge is 0.490 e. The summed E-state index contributed by atoms with van der Waals surface area (Å²) >= 11 is 0. The van der Waals surface area contributed by atoms with Gasteiger partial charge in [0.05, 0.1) is 0 Å². The lowest BCUT2D eigenvalue weighted by Crippen LogP contribution is -1.96. The SMILES string of the molecule is CC(C)=CCOc1ccc(NC=O)cc1. The number of carbonyl (C=O) groups is 1. The van der Waals surface area contributed by atoms with Crippen molar-refractivity contribution >= 4 is 12.1 Å². The molecular formula is C12H15NO2. The molecule has 0 radical (unpaired) electrons. The van der Waals surface area contributed by atoms with Crippen molar-refractivity contribution in [1.82, 2.24) is 0 Å². The summed E-state index contributed by atoms with van der Waals surface area (Å²) in [5.41, 5.74) is 1.99. The van der Waals surface area contributed by atoms with Gasteiger partial charge in [-0.1, -0.05) is 5.57 Å². The van der Waals surface area contributed by atoms with E-state index < -0.39 is 0 Å². The first kappa shape index (κ1) is 11.3. The van der Waals surface area contributed by atoms with Crippen LogP contribution in [0, 0.1) is 0 Å². The monoisotopic (exact) mass is 205 g/mol. The summed E-state index contributed by atoms with van der Waals surface area (Å²) in [7, 11) is 0. The molecule has 0 saturated carbocycles. The predicted molar refractivity (Wildman–Crippen MR) is 61.1 cm³/mol. The molecule has 1 N–H and O–H groups in total. The minimum Gasteiger partial charge on any atom is -0.490 e. The highest BCUT2D eigenvalue weighted by atomic mass is 16.5. The molecular weight excluding hydrogens is 190 g/mol. The Morgan fingerprint density at radius 3 is 2.53 bits per heavy atom. The number of rotatable bonds is 5. The van der Waals surface area contributed by atoms with Crippen LogP contribution in [-0.4, -0.2) is 13.0 Å². The Hall–Kier alpha value is -1.77. The van der Waals surface area contributed by atoms with Crippen molar-refractivity contribution in [2.24, 2.45) is 0 Å². The van der Waals surface area contributed by atoms with Gasteiger partial charge in [-0.15, -0.1) is 0 Å². The van der Waals surface area contributed by atoms with Gasteiger partial charge in [-0.25, -0.2) is 0 Å². The number of anilines is 1. The van der Waals surface area contributed by atoms with Gasteiger partial charge in [0.15, 0.2) is 0 Å². The first-order valence-corrected chi connectivity index (χ1v) is 4.79. The van der Waals surface area contributed by atoms with Gasteiger partial charge in [0, 0.05) is 5.69 Å². The lowest BCUT2D eigenvalue weighted by Gasteiger charge is -2.04. The molecule has 0 atom stereocenters. The Kier molecular flexibility index (Phi) is 4.41. The van der Waals surface area contributed by atoms with E-state index in [0.29, 0.717) is 13.0 Å². The van der Waals surface area contributed by atoms with Gasteiger partial charge in [-0.05, 0) is 44.2 Å². The van der Waals surface area contributed by atoms with Gasteiger partial charge in [0.1, 0.15) is 12.4 Å². The zero-order valence-electron chi connectivity index (χ0n) is 8.99. The first-order valence-electron chi connectivity index (χ1n) is 4.79. The Morgan fingerprint density at radius 2 is 2.00 bits per heavy atom. The number of hydrogen-bond donors (Lipinski definition) is 1. The molecule has 80 valence electrons. The second-order valence-electron chi connectivity index (χ2n) is 3.38. The van der Waals surface area contributed by atoms with Crippen LogP contribution in [0.4, 0.5) is 5.69 Å². The molecule has 0 aliphatic carbocycles. The van der Waals surface area contributed by atoms with Crippen molar-refractivity contribution in [2.75, 3.05) is 11.9 Å². The standard InChI is InChI=1S/C12H15NO2/c1-10(2)7-8-15-12-5-3-11(4-6-12)13-9-14/h3-7,9H,8H2,1-2H3,(H,13,14). The van der Waals surface area contributed by atoms with E-state index in [0.717, 1.165) is 11.4 Å². The quantitative estimate of drug-likeness (QED) is 0.592. The number of benzene rings is 1. The fourth-order valence-electron chi connectivity index (χ4n) is 1.02. The normalized spacial score (nSPS) is 9.20. The molecule has 0 bridgehead atoms. The summed E-state index contributed by atoms with van der Waals surface area (Å²) in [6.45, 7) is 4.63. The Balaban J connectivity index is 2.49. The van der Waals surface area contributed by atoms with Crippen molar-refractivity contribution in [3.63, 3.8) is 0 Å². The van der Waals surface area contributed by atoms with Crippen LogP contribution in [0.1, 0.15) is 13.8 Å². The molecule has 1 rings (SSSR count). The number of hydrogen-bond acceptors (Lipinski definition) is 2. The minimum absolute atomic E-state index is 0.572. The maximum Gasteiger partial charge on any atom is 0.211 e. The topological polar surface area (TPSA) is 38.3 Å². The lowest BCUT2D eigenvalue weighted by atomic mass is 10.3. The molecule has 0 unspecified atom stereocenters. The van der Waals surface area contributed by atoms with Crippen molar-refractivity contribution in [3.05, 3.63) is 35.9 Å². The first-order chi connectivity index (χ1) is 7.22. The van der Waals surface area contributed by atoms with Crippen LogP contribution >= 0.6 is 0 Å². The van der Waals surface area contributed by atoms with Crippen molar-refractivity contribution in [3.8, 4) is 5.75 Å². The summed E-state index contributed by atoms with van der Waals surface area (Å²) in [6.07, 6.45) is 2.66. The molecule has 0 spiro atoms. The molecule has 15 heavy (non-hydrogen) atoms. The maximum atomic E-state index is 10.2. The fraction of sp³-hybridized carbons (Fsp3) is 0.250. The fourth-order valence-corrected chi connectivity index (χ4v) is 1.02. The number of amides is 1. The number of carbonyl (C=O) groups excluding carboxylic acids is 1. The molecule has 0 aliphatic heterocycles. The summed E-state index contributed by atoms with van der Waals surface area (Å²) in [5, 5.41) is 2.56. The second kappa shape index (κ2) is 5.86. The molecule has 1 aromatic carbocycles. The molecule has 1 amide bonds. The average molecular weight is 205 g/mol. The number of allylic oxidation sites excluding steroid dienone is 1. The van der Waals surface area contributed by atoms with E-state index in [1.54, 1.807) is 12.1 Å². The average Bonchev–Trinajstić information content (AvgIpc) is 2.20. The molecule has 0 fully saturated rings. The highest BCUT2D eigenvalue weighted by Gasteiger charge is 1.93. The smallest absolute Gasteiger partial charge is 0.211 e. The molecule has 0 aliphatic rings. The van der Waals surface area contributed by atoms with Crippen LogP contribution in [0.2, 0.25) is 0 Å². The zero-order valence-corrected chi connectivity index (χ0v) is 8.99. The van der Waals surface area contributed by atoms with Crippen LogP contribution in [0.25, 0.3) is 0 Å². The van der Waals surface area contributed by atoms with E-state index in [1.807, 2.05) is 32.1 Å². The molecule has 0 heterocycles. The number of ether oxygens (including phenoxy) is 1. The third kappa shape index (κ3) is 4.31. The van der Waals surface area contributed by atoms with E-state index in [-0.39, 0.29) is 0 Å². The van der Waals surface area contributed by atoms with Gasteiger partial charge < -0.3 is 10.1 Å². The molecule has 0 saturated heterocycles. The van der Waals surface area contributed by atoms with Gasteiger partial charge in [0.2, 0.25) is 6.41 Å². The number of nitrogens with one attached hydrogen (secondary N) is 1. The van der Waals surface area contributed by atoms with Crippen LogP contribution in [-0.2, 0) is 4.79 Å². The van der Waals surface area contributed by atoms with Crippen LogP contribution in [0.15, 0.2) is 35.9 Å². The third-order valence-electron chi connectivity index (χ3n) is 1.82. The van der Waals surface area contributed by atoms with Gasteiger partial charge in [0.25, 0.3) is 0 Å². The van der Waals surface area contributed by atoms with Crippen molar-refractivity contribution in [1.29, 1.82) is 0 Å². The summed E-state index contributed by atoms with van der Waals surface area (Å²) in [4.78, 5) is 10.2. The van der Waals surface area contributed by atoms with Crippen LogP contribution in [0.3, 0.4) is 0 Å². The Labute approximate surface area is 89.8 Å². The van der Waals surface area contributed by atoms with E-state index >= 15 is 0 Å². The molecule has 1 aromatic rings. The van der Waals surface area contributed by atoms with Crippen LogP contribution in [0.5, 0.6) is 5.75 Å². The summed E-state index contributed by atoms with van der Waals surface area (Å²) < 4.78 is 5.46.